The van der Waals surface area contributed by atoms with Gasteiger partial charge in [-0.15, -0.1) is 0 Å². The number of aliphatic carboxylic acids is 1. The molecule has 0 saturated carbocycles. The number of rotatable bonds is 32. The number of guanidine groups is 3. The summed E-state index contributed by atoms with van der Waals surface area (Å²) in [5.74, 6) is -32.7. The van der Waals surface area contributed by atoms with E-state index in [-0.39, 0.29) is 89.7 Å². The summed E-state index contributed by atoms with van der Waals surface area (Å²) in [5.41, 5.74) is 35.2. The quantitative estimate of drug-likeness (QED) is 0.0119. The predicted molar refractivity (Wildman–Crippen MR) is 530 cm³/mol. The van der Waals surface area contributed by atoms with E-state index >= 15 is 43.2 Å². The van der Waals surface area contributed by atoms with Crippen LogP contribution in [0.2, 0.25) is 0 Å². The number of carbonyl (C=O) groups excluding carboxylic acids is 20. The molecule has 0 aliphatic carbocycles. The Hall–Kier alpha value is -13.4. The van der Waals surface area contributed by atoms with Crippen LogP contribution >= 0.6 is 64.8 Å². The molecule has 42 N–H and O–H groups in total. The number of primary amides is 2. The molecule has 3 aromatic rings. The third-order valence-electron chi connectivity index (χ3n) is 22.1. The van der Waals surface area contributed by atoms with Crippen LogP contribution in [-0.2, 0) is 114 Å². The third kappa shape index (κ3) is 40.3. The van der Waals surface area contributed by atoms with Crippen LogP contribution in [0.1, 0.15) is 94.7 Å². The number of carboxylic acids is 1. The van der Waals surface area contributed by atoms with Crippen LogP contribution in [0, 0.1) is 16.2 Å². The number of carboxylic acid groups (broad SMARTS) is 1. The largest absolute Gasteiger partial charge is 0.481 e. The normalized spacial score (nSPS) is 25.6. The number of benzene rings is 1. The van der Waals surface area contributed by atoms with Crippen molar-refractivity contribution in [3.8, 4) is 0 Å². The minimum atomic E-state index is -2.25. The highest BCUT2D eigenvalue weighted by atomic mass is 33.1. The van der Waals surface area contributed by atoms with E-state index < -0.39 is 344 Å². The molecule has 0 unspecified atom stereocenters. The first-order valence-electron chi connectivity index (χ1n) is 45.4. The topological polar surface area (TPSA) is 964 Å². The number of fused-ring (bicyclic) bond motifs is 17. The van der Waals surface area contributed by atoms with Crippen molar-refractivity contribution in [1.29, 1.82) is 16.2 Å². The number of nitrogens with zero attached hydrogens (tertiary/aromatic N) is 1. The van der Waals surface area contributed by atoms with Gasteiger partial charge in [0.15, 0.2) is 17.9 Å². The Kier molecular flexibility index (Phi) is 49.9. The van der Waals surface area contributed by atoms with Crippen molar-refractivity contribution in [3.05, 3.63) is 54.2 Å². The van der Waals surface area contributed by atoms with Gasteiger partial charge in [0.05, 0.1) is 39.0 Å². The maximum absolute atomic E-state index is 15.8. The van der Waals surface area contributed by atoms with Crippen LogP contribution in [0.15, 0.2) is 43.0 Å². The van der Waals surface area contributed by atoms with E-state index in [9.17, 15) is 78.0 Å². The van der Waals surface area contributed by atoms with E-state index in [1.165, 1.54) is 12.4 Å². The summed E-state index contributed by atoms with van der Waals surface area (Å²) in [5, 5.41) is 118. The number of unbranched alkanes of at least 4 members (excludes halogenated alkanes) is 1. The molecule has 6 heterocycles. The van der Waals surface area contributed by atoms with Crippen molar-refractivity contribution in [2.75, 3.05) is 80.5 Å². The molecule has 4 fully saturated rings. The van der Waals surface area contributed by atoms with Gasteiger partial charge in [-0.25, -0.2) is 4.98 Å². The van der Waals surface area contributed by atoms with Crippen LogP contribution in [0.5, 0.6) is 0 Å². The molecular weight excluding hydrogens is 2030 g/mol. The fourth-order valence-corrected chi connectivity index (χ4v) is 21.3. The summed E-state index contributed by atoms with van der Waals surface area (Å²) in [6.45, 7) is -4.45. The van der Waals surface area contributed by atoms with Gasteiger partial charge in [0.2, 0.25) is 118 Å². The van der Waals surface area contributed by atoms with Crippen molar-refractivity contribution < 1.29 is 121 Å². The van der Waals surface area contributed by atoms with Gasteiger partial charge in [-0.05, 0) is 82.4 Å². The molecular formula is C81H123N33O25S6. The number of nitrogens with two attached hydrogens (primary N) is 6. The van der Waals surface area contributed by atoms with Gasteiger partial charge in [-0.2, -0.15) is 0 Å². The number of aliphatic hydroxyl groups excluding tert-OH is 3. The number of para-hydroxylation sites is 1. The highest BCUT2D eigenvalue weighted by molar-refractivity contribution is 8.77. The van der Waals surface area contributed by atoms with Crippen LogP contribution in [-0.4, -0.2) is 367 Å². The van der Waals surface area contributed by atoms with Crippen molar-refractivity contribution in [1.82, 2.24) is 127 Å². The first kappa shape index (κ1) is 119. The van der Waals surface area contributed by atoms with Crippen molar-refractivity contribution in [2.45, 2.75) is 205 Å². The predicted octanol–water partition coefficient (Wildman–Crippen LogP) is -13.9. The molecule has 20 amide bonds. The Morgan fingerprint density at radius 2 is 0.828 bits per heavy atom. The van der Waals surface area contributed by atoms with E-state index in [1.54, 1.807) is 24.3 Å². The van der Waals surface area contributed by atoms with Crippen molar-refractivity contribution in [3.63, 3.8) is 0 Å². The molecule has 7 rings (SSSR count). The average molecular weight is 2150 g/mol. The number of amides is 20. The lowest BCUT2D eigenvalue weighted by Gasteiger charge is -2.28. The molecule has 0 spiro atoms. The van der Waals surface area contributed by atoms with Crippen molar-refractivity contribution in [2.24, 2.45) is 34.4 Å². The first-order chi connectivity index (χ1) is 69.1. The maximum atomic E-state index is 15.8. The molecule has 64 heteroatoms. The number of carbonyl (C=O) groups is 21. The molecule has 798 valence electrons. The summed E-state index contributed by atoms with van der Waals surface area (Å²) in [4.78, 5) is 318. The Morgan fingerprint density at radius 3 is 1.30 bits per heavy atom. The fourth-order valence-electron chi connectivity index (χ4n) is 14.3. The highest BCUT2D eigenvalue weighted by Gasteiger charge is 2.43. The third-order valence-corrected chi connectivity index (χ3v) is 29.3. The van der Waals surface area contributed by atoms with E-state index in [4.69, 9.17) is 50.6 Å². The Balaban J connectivity index is 1.54. The van der Waals surface area contributed by atoms with Crippen LogP contribution in [0.4, 0.5) is 0 Å². The molecule has 4 saturated heterocycles. The van der Waals surface area contributed by atoms with Gasteiger partial charge in [0, 0.05) is 102 Å². The fraction of sp³-hybridized carbons (Fsp3) is 0.568. The van der Waals surface area contributed by atoms with E-state index in [2.05, 4.69) is 127 Å². The Labute approximate surface area is 850 Å². The lowest BCUT2D eigenvalue weighted by molar-refractivity contribution is -0.141. The Morgan fingerprint density at radius 1 is 0.428 bits per heavy atom. The zero-order chi connectivity index (χ0) is 107. The van der Waals surface area contributed by atoms with E-state index in [0.717, 1.165) is 6.33 Å². The van der Waals surface area contributed by atoms with Gasteiger partial charge in [0.25, 0.3) is 0 Å². The Bertz CT molecular complexity index is 5110. The number of imidazole rings is 1. The average Bonchev–Trinajstić information content (AvgIpc) is 1.68. The second kappa shape index (κ2) is 61.0. The van der Waals surface area contributed by atoms with Gasteiger partial charge in [-0.3, -0.25) is 117 Å². The standard InChI is InChI=1S/C81H123N33O25S6/c82-16-4-3-10-40-62(123)102-45(20-36-24-95-39-9-2-1-8-38(36)39)67(128)112-53-30-142-145-34-57(111-64(125)42(12-6-18-93-80(87)88)98-66(127)44-14-15-59(119)97-44)78(139)114-54-31-143-144-33-56(77(138)109-52(61(84)122)29-140-141-32-55(113-69(130)47(22-58(83)118)104-75(54)136)76(137)108-51(28-117)73(134)107-50(27-116)72(133)99-40)110-65(126)43(13-7-19-94-81(89)90)100-71(132)49(26-115)106-68(129)46(21-37-25-91-35-96-37)103-70(131)48(23-60(120)121)105-63(124)41(101-74(53)135)11-5-17-92-79(85)86/h1-2,8-9,24-25,35,40-57,95,115-117H,3-7,10-23,26-34,82H2,(H2,83,118)(H2,84,122)(H,91,96)(H,97,119)(H,98,127)(H,99,133)(H,100,132)(H,101,135)(H,102,123)(H,103,131)(H,104,136)(H,105,124)(H,106,129)(H,107,134)(H,108,137)(H,109,138)(H,110,126)(H,111,125)(H,112,128)(H,113,130)(H,114,139)(H,120,121)(H4,85,86,92)(H4,87,88,93)(H4,89,90,94)/t40-,41-,42-,43-,44-,45-,46-,47+,48-,49-,50-,51-,52-,53-,54-,55-,56-,57-/m0/s1. The number of H-pyrrole nitrogens is 2. The number of aromatic amines is 2. The highest BCUT2D eigenvalue weighted by Crippen LogP contribution is 2.29. The van der Waals surface area contributed by atoms with Gasteiger partial charge in [-0.1, -0.05) is 83.0 Å². The van der Waals surface area contributed by atoms with Crippen LogP contribution < -0.4 is 146 Å². The molecule has 1 aromatic carbocycles. The number of hydrogen-bond acceptors (Lipinski definition) is 35. The molecule has 2 aromatic heterocycles. The van der Waals surface area contributed by atoms with Crippen LogP contribution in [0.3, 0.4) is 0 Å². The number of hydrogen-bond donors (Lipinski definition) is 36. The molecule has 4 aliphatic heterocycles. The number of aromatic nitrogens is 3. The van der Waals surface area contributed by atoms with E-state index in [0.29, 0.717) is 81.2 Å². The number of nitrogens with one attached hydrogen (secondary N) is 26. The lowest BCUT2D eigenvalue weighted by atomic mass is 10.0. The summed E-state index contributed by atoms with van der Waals surface area (Å²) in [6, 6.07) is -28.3. The zero-order valence-electron chi connectivity index (χ0n) is 78.0. The summed E-state index contributed by atoms with van der Waals surface area (Å²) >= 11 is 0. The monoisotopic (exact) mass is 2150 g/mol. The molecule has 58 nitrogen and oxygen atoms in total. The SMILES string of the molecule is N=C(N)NCCC[C@H](NC(=O)[C@@H]1CCC(=O)N1)C(=O)N[C@H]1CSSC[C@@H]2NC(=O)[C@H](Cc3c[nH]c4ccccc34)NC(=O)[C@H](CCCCN)NC(=O)[C@H](CO)NC(=O)[C@H](CO)NC(=O)[C@@H]3CSSC[C@@H](C(N)=O)NC(=O)[C@H](CSSC[C@H](NC1=O)C(=O)N[C@H](CC(N)=O)C(=O)N3)NC(=O)[C@H](CCCNC(=N)N)NC(=O)[C@H](CO)NC(=O)[C@H](Cc1cnc[nH]1)NC(=O)[C@H](CC(=O)O)NC(=O)[C@H](CCCNC(=N)N)NC2=O. The summed E-state index contributed by atoms with van der Waals surface area (Å²) < 4.78 is 0. The molecule has 4 aliphatic rings. The second-order valence-electron chi connectivity index (χ2n) is 33.2. The van der Waals surface area contributed by atoms with Gasteiger partial charge in [0.1, 0.15) is 109 Å². The molecule has 4 bridgehead atoms. The van der Waals surface area contributed by atoms with Gasteiger partial charge < -0.3 is 176 Å². The van der Waals surface area contributed by atoms with Gasteiger partial charge >= 0.3 is 5.97 Å². The first-order valence-corrected chi connectivity index (χ1v) is 52.8. The minimum absolute atomic E-state index is 0.0161. The molecule has 0 radical (unpaired) electrons. The maximum Gasteiger partial charge on any atom is 0.305 e. The summed E-state index contributed by atoms with van der Waals surface area (Å²) in [6.07, 6.45) is -1.74. The lowest BCUT2D eigenvalue weighted by Crippen LogP contribution is -2.62. The summed E-state index contributed by atoms with van der Waals surface area (Å²) in [7, 11) is 3.81. The molecule has 145 heavy (non-hydrogen) atoms. The molecule has 18 atom stereocenters. The van der Waals surface area contributed by atoms with Crippen molar-refractivity contribution >= 4 is 218 Å². The van der Waals surface area contributed by atoms with E-state index in [1.807, 2.05) is 0 Å². The smallest absolute Gasteiger partial charge is 0.305 e. The zero-order valence-corrected chi connectivity index (χ0v) is 82.9. The second-order valence-corrected chi connectivity index (χ2v) is 40.9. The van der Waals surface area contributed by atoms with Crippen LogP contribution in [0.25, 0.3) is 10.9 Å². The minimum Gasteiger partial charge on any atom is -0.481 e. The number of aliphatic hydroxyl groups is 3.